The van der Waals surface area contributed by atoms with Gasteiger partial charge in [-0.3, -0.25) is 4.79 Å². The van der Waals surface area contributed by atoms with Gasteiger partial charge in [-0.2, -0.15) is 0 Å². The van der Waals surface area contributed by atoms with Crippen LogP contribution in [0.25, 0.3) is 0 Å². The molecule has 2 saturated carbocycles. The molecular formula is C11H20N2O2. The predicted octanol–water partition coefficient (Wildman–Crippen LogP) is 0.0140. The molecule has 0 saturated heterocycles. The molecule has 0 bridgehead atoms. The summed E-state index contributed by atoms with van der Waals surface area (Å²) in [4.78, 5) is 11.5. The summed E-state index contributed by atoms with van der Waals surface area (Å²) in [7, 11) is 0. The number of rotatable bonds is 6. The Morgan fingerprint density at radius 2 is 2.07 bits per heavy atom. The van der Waals surface area contributed by atoms with Crippen LogP contribution in [-0.4, -0.2) is 35.7 Å². The second-order valence-electron chi connectivity index (χ2n) is 4.82. The third-order valence-electron chi connectivity index (χ3n) is 3.12. The third kappa shape index (κ3) is 3.47. The normalized spacial score (nSPS) is 24.7. The van der Waals surface area contributed by atoms with Crippen molar-refractivity contribution in [1.29, 1.82) is 0 Å². The first kappa shape index (κ1) is 10.9. The Hall–Kier alpha value is -0.610. The van der Waals surface area contributed by atoms with Gasteiger partial charge in [0.15, 0.2) is 0 Å². The van der Waals surface area contributed by atoms with Crippen molar-refractivity contribution in [3.05, 3.63) is 0 Å². The second kappa shape index (κ2) is 4.49. The first-order valence-electron chi connectivity index (χ1n) is 5.88. The molecule has 2 aliphatic rings. The van der Waals surface area contributed by atoms with Crippen molar-refractivity contribution in [2.24, 2.45) is 5.92 Å². The SMILES string of the molecule is CC(NCC(O)C1CC1)C(=O)NC1CC1. The fourth-order valence-corrected chi connectivity index (χ4v) is 1.59. The molecule has 2 rings (SSSR count). The molecule has 0 aliphatic heterocycles. The van der Waals surface area contributed by atoms with Gasteiger partial charge in [-0.1, -0.05) is 0 Å². The van der Waals surface area contributed by atoms with Gasteiger partial charge in [-0.05, 0) is 38.5 Å². The predicted molar refractivity (Wildman–Crippen MR) is 57.4 cm³/mol. The number of carbonyl (C=O) groups is 1. The van der Waals surface area contributed by atoms with Crippen LogP contribution in [-0.2, 0) is 4.79 Å². The van der Waals surface area contributed by atoms with Gasteiger partial charge in [0.2, 0.25) is 5.91 Å². The topological polar surface area (TPSA) is 61.4 Å². The zero-order chi connectivity index (χ0) is 10.8. The molecule has 0 aromatic rings. The van der Waals surface area contributed by atoms with Crippen LogP contribution in [0.3, 0.4) is 0 Å². The molecule has 0 radical (unpaired) electrons. The maximum Gasteiger partial charge on any atom is 0.237 e. The standard InChI is InChI=1S/C11H20N2O2/c1-7(11(15)13-9-4-5-9)12-6-10(14)8-2-3-8/h7-10,12,14H,2-6H2,1H3,(H,13,15). The van der Waals surface area contributed by atoms with E-state index < -0.39 is 0 Å². The van der Waals surface area contributed by atoms with Gasteiger partial charge in [0.1, 0.15) is 0 Å². The summed E-state index contributed by atoms with van der Waals surface area (Å²) in [5.74, 6) is 0.525. The highest BCUT2D eigenvalue weighted by Gasteiger charge is 2.30. The summed E-state index contributed by atoms with van der Waals surface area (Å²) in [6.07, 6.45) is 4.21. The van der Waals surface area contributed by atoms with E-state index in [-0.39, 0.29) is 18.1 Å². The molecule has 86 valence electrons. The fraction of sp³-hybridized carbons (Fsp3) is 0.909. The van der Waals surface area contributed by atoms with Gasteiger partial charge in [0.05, 0.1) is 12.1 Å². The average Bonchev–Trinajstić information content (AvgIpc) is 3.01. The van der Waals surface area contributed by atoms with Crippen LogP contribution in [0.4, 0.5) is 0 Å². The first-order valence-corrected chi connectivity index (χ1v) is 5.88. The minimum atomic E-state index is -0.277. The quantitative estimate of drug-likeness (QED) is 0.581. The van der Waals surface area contributed by atoms with E-state index >= 15 is 0 Å². The zero-order valence-corrected chi connectivity index (χ0v) is 9.20. The van der Waals surface area contributed by atoms with E-state index in [0.717, 1.165) is 25.7 Å². The number of aliphatic hydroxyl groups excluding tert-OH is 1. The summed E-state index contributed by atoms with van der Waals surface area (Å²) >= 11 is 0. The molecule has 0 heterocycles. The molecular weight excluding hydrogens is 192 g/mol. The molecule has 2 fully saturated rings. The zero-order valence-electron chi connectivity index (χ0n) is 9.20. The van der Waals surface area contributed by atoms with Crippen LogP contribution < -0.4 is 10.6 Å². The van der Waals surface area contributed by atoms with Gasteiger partial charge < -0.3 is 15.7 Å². The van der Waals surface area contributed by atoms with Gasteiger partial charge in [0, 0.05) is 12.6 Å². The van der Waals surface area contributed by atoms with Crippen molar-refractivity contribution >= 4 is 5.91 Å². The minimum Gasteiger partial charge on any atom is -0.392 e. The Bertz CT molecular complexity index is 237. The summed E-state index contributed by atoms with van der Waals surface area (Å²) in [6, 6.07) is 0.217. The lowest BCUT2D eigenvalue weighted by molar-refractivity contribution is -0.123. The van der Waals surface area contributed by atoms with E-state index in [2.05, 4.69) is 10.6 Å². The molecule has 4 heteroatoms. The van der Waals surface area contributed by atoms with Gasteiger partial charge in [-0.15, -0.1) is 0 Å². The number of carbonyl (C=O) groups excluding carboxylic acids is 1. The molecule has 0 aromatic carbocycles. The minimum absolute atomic E-state index is 0.0560. The molecule has 2 aliphatic carbocycles. The van der Waals surface area contributed by atoms with Crippen LogP contribution in [0.5, 0.6) is 0 Å². The van der Waals surface area contributed by atoms with Crippen molar-refractivity contribution < 1.29 is 9.90 Å². The summed E-state index contributed by atoms with van der Waals surface area (Å²) < 4.78 is 0. The average molecular weight is 212 g/mol. The van der Waals surface area contributed by atoms with Gasteiger partial charge >= 0.3 is 0 Å². The van der Waals surface area contributed by atoms with Crippen LogP contribution in [0.15, 0.2) is 0 Å². The number of nitrogens with one attached hydrogen (secondary N) is 2. The van der Waals surface area contributed by atoms with E-state index in [1.807, 2.05) is 6.92 Å². The summed E-state index contributed by atoms with van der Waals surface area (Å²) in [6.45, 7) is 2.38. The Kier molecular flexibility index (Phi) is 3.26. The fourth-order valence-electron chi connectivity index (χ4n) is 1.59. The molecule has 1 amide bonds. The highest BCUT2D eigenvalue weighted by Crippen LogP contribution is 2.32. The maximum absolute atomic E-state index is 11.5. The first-order chi connectivity index (χ1) is 7.16. The summed E-state index contributed by atoms with van der Waals surface area (Å²) in [5, 5.41) is 15.6. The van der Waals surface area contributed by atoms with Crippen LogP contribution >= 0.6 is 0 Å². The van der Waals surface area contributed by atoms with E-state index in [4.69, 9.17) is 0 Å². The molecule has 2 unspecified atom stereocenters. The number of aliphatic hydroxyl groups is 1. The van der Waals surface area contributed by atoms with Crippen LogP contribution in [0, 0.1) is 5.92 Å². The largest absolute Gasteiger partial charge is 0.392 e. The van der Waals surface area contributed by atoms with Gasteiger partial charge in [-0.25, -0.2) is 0 Å². The summed E-state index contributed by atoms with van der Waals surface area (Å²) in [5.41, 5.74) is 0. The molecule has 15 heavy (non-hydrogen) atoms. The number of hydrogen-bond donors (Lipinski definition) is 3. The van der Waals surface area contributed by atoms with Crippen molar-refractivity contribution in [2.45, 2.75) is 50.8 Å². The molecule has 3 N–H and O–H groups in total. The Labute approximate surface area is 90.4 Å². The van der Waals surface area contributed by atoms with Gasteiger partial charge in [0.25, 0.3) is 0 Å². The van der Waals surface area contributed by atoms with Crippen LogP contribution in [0.2, 0.25) is 0 Å². The Morgan fingerprint density at radius 3 is 2.60 bits per heavy atom. The monoisotopic (exact) mass is 212 g/mol. The lowest BCUT2D eigenvalue weighted by atomic mass is 10.2. The van der Waals surface area contributed by atoms with E-state index in [0.29, 0.717) is 18.5 Å². The Balaban J connectivity index is 1.61. The number of amides is 1. The number of hydrogen-bond acceptors (Lipinski definition) is 3. The van der Waals surface area contributed by atoms with Crippen molar-refractivity contribution in [1.82, 2.24) is 10.6 Å². The van der Waals surface area contributed by atoms with Crippen molar-refractivity contribution in [3.63, 3.8) is 0 Å². The third-order valence-corrected chi connectivity index (χ3v) is 3.12. The van der Waals surface area contributed by atoms with E-state index in [1.165, 1.54) is 0 Å². The molecule has 0 spiro atoms. The lowest BCUT2D eigenvalue weighted by Gasteiger charge is -2.16. The molecule has 0 aromatic heterocycles. The van der Waals surface area contributed by atoms with Crippen molar-refractivity contribution in [3.8, 4) is 0 Å². The second-order valence-corrected chi connectivity index (χ2v) is 4.82. The Morgan fingerprint density at radius 1 is 1.40 bits per heavy atom. The van der Waals surface area contributed by atoms with Crippen molar-refractivity contribution in [2.75, 3.05) is 6.54 Å². The lowest BCUT2D eigenvalue weighted by Crippen LogP contribution is -2.45. The smallest absolute Gasteiger partial charge is 0.237 e. The highest BCUT2D eigenvalue weighted by molar-refractivity contribution is 5.81. The van der Waals surface area contributed by atoms with E-state index in [9.17, 15) is 9.90 Å². The molecule has 2 atom stereocenters. The van der Waals surface area contributed by atoms with E-state index in [1.54, 1.807) is 0 Å². The highest BCUT2D eigenvalue weighted by atomic mass is 16.3. The molecule has 4 nitrogen and oxygen atoms in total. The van der Waals surface area contributed by atoms with Crippen LogP contribution in [0.1, 0.15) is 32.6 Å². The maximum atomic E-state index is 11.5.